The lowest BCUT2D eigenvalue weighted by atomic mass is 10.2. The van der Waals surface area contributed by atoms with Gasteiger partial charge in [-0.15, -0.1) is 0 Å². The van der Waals surface area contributed by atoms with Crippen LogP contribution in [0.2, 0.25) is 0 Å². The molecule has 136 valence electrons. The highest BCUT2D eigenvalue weighted by atomic mass is 79.9. The Bertz CT molecular complexity index is 831. The van der Waals surface area contributed by atoms with E-state index in [1.807, 2.05) is 6.07 Å². The highest BCUT2D eigenvalue weighted by Gasteiger charge is 2.09. The number of rotatable bonds is 6. The first-order valence-corrected chi connectivity index (χ1v) is 8.36. The van der Waals surface area contributed by atoms with Crippen molar-refractivity contribution in [3.63, 3.8) is 0 Å². The molecule has 0 radical (unpaired) electrons. The van der Waals surface area contributed by atoms with Gasteiger partial charge in [-0.1, -0.05) is 0 Å². The van der Waals surface area contributed by atoms with Crippen LogP contribution < -0.4 is 14.8 Å². The maximum atomic E-state index is 12.1. The molecule has 0 saturated carbocycles. The number of hydrogen-bond donors (Lipinski definition) is 1. The lowest BCUT2D eigenvalue weighted by Crippen LogP contribution is -2.08. The molecule has 0 aliphatic rings. The molecule has 0 bridgehead atoms. The minimum atomic E-state index is -0.429. The summed E-state index contributed by atoms with van der Waals surface area (Å²) in [6, 6.07) is 10.00. The van der Waals surface area contributed by atoms with Gasteiger partial charge in [-0.25, -0.2) is 4.79 Å². The minimum Gasteiger partial charge on any atom is -0.493 e. The normalized spacial score (nSPS) is 10.5. The van der Waals surface area contributed by atoms with Gasteiger partial charge in [0.25, 0.3) is 0 Å². The number of ether oxygens (including phenoxy) is 3. The number of methoxy groups -OCH3 is 3. The molecular formula is C19H18BrNO5. The monoisotopic (exact) mass is 419 g/mol. The maximum absolute atomic E-state index is 12.1. The molecule has 0 atom stereocenters. The summed E-state index contributed by atoms with van der Waals surface area (Å²) in [5, 5.41) is 2.72. The Morgan fingerprint density at radius 2 is 1.73 bits per heavy atom. The highest BCUT2D eigenvalue weighted by molar-refractivity contribution is 9.10. The Balaban J connectivity index is 2.07. The largest absolute Gasteiger partial charge is 0.493 e. The quantitative estimate of drug-likeness (QED) is 0.567. The fourth-order valence-electron chi connectivity index (χ4n) is 2.20. The van der Waals surface area contributed by atoms with Gasteiger partial charge >= 0.3 is 5.97 Å². The molecule has 0 heterocycles. The van der Waals surface area contributed by atoms with Crippen LogP contribution >= 0.6 is 15.9 Å². The zero-order chi connectivity index (χ0) is 19.1. The Hall–Kier alpha value is -2.80. The first-order chi connectivity index (χ1) is 12.5. The van der Waals surface area contributed by atoms with E-state index in [-0.39, 0.29) is 5.91 Å². The van der Waals surface area contributed by atoms with Crippen LogP contribution in [0.25, 0.3) is 6.08 Å². The summed E-state index contributed by atoms with van der Waals surface area (Å²) >= 11 is 3.41. The molecule has 0 saturated heterocycles. The van der Waals surface area contributed by atoms with Crippen LogP contribution in [0.1, 0.15) is 15.9 Å². The molecule has 2 aromatic carbocycles. The van der Waals surface area contributed by atoms with Gasteiger partial charge in [0.15, 0.2) is 11.5 Å². The number of esters is 1. The van der Waals surface area contributed by atoms with Crippen molar-refractivity contribution >= 4 is 39.6 Å². The first kappa shape index (κ1) is 19.5. The number of benzene rings is 2. The average molecular weight is 420 g/mol. The molecular weight excluding hydrogens is 402 g/mol. The number of anilines is 1. The van der Waals surface area contributed by atoms with Crippen LogP contribution in [0.5, 0.6) is 11.5 Å². The van der Waals surface area contributed by atoms with Crippen LogP contribution in [-0.4, -0.2) is 33.2 Å². The molecule has 26 heavy (non-hydrogen) atoms. The molecule has 6 nitrogen and oxygen atoms in total. The maximum Gasteiger partial charge on any atom is 0.337 e. The summed E-state index contributed by atoms with van der Waals surface area (Å²) in [6.45, 7) is 0. The van der Waals surface area contributed by atoms with Gasteiger partial charge in [-0.2, -0.15) is 0 Å². The second-order valence-corrected chi connectivity index (χ2v) is 5.98. The predicted molar refractivity (Wildman–Crippen MR) is 103 cm³/mol. The van der Waals surface area contributed by atoms with E-state index < -0.39 is 5.97 Å². The van der Waals surface area contributed by atoms with E-state index in [0.29, 0.717) is 22.7 Å². The lowest BCUT2D eigenvalue weighted by molar-refractivity contribution is -0.111. The van der Waals surface area contributed by atoms with Crippen molar-refractivity contribution in [1.82, 2.24) is 0 Å². The van der Waals surface area contributed by atoms with Gasteiger partial charge < -0.3 is 19.5 Å². The van der Waals surface area contributed by atoms with Gasteiger partial charge in [0.05, 0.1) is 31.4 Å². The second kappa shape index (κ2) is 9.05. The predicted octanol–water partition coefficient (Wildman–Crippen LogP) is 3.90. The first-order valence-electron chi connectivity index (χ1n) is 7.57. The van der Waals surface area contributed by atoms with Crippen molar-refractivity contribution in [2.75, 3.05) is 26.6 Å². The summed E-state index contributed by atoms with van der Waals surface area (Å²) in [7, 11) is 4.41. The molecule has 1 amide bonds. The van der Waals surface area contributed by atoms with Crippen LogP contribution in [-0.2, 0) is 9.53 Å². The van der Waals surface area contributed by atoms with Crippen molar-refractivity contribution in [2.45, 2.75) is 0 Å². The molecule has 0 aliphatic carbocycles. The topological polar surface area (TPSA) is 73.9 Å². The molecule has 2 rings (SSSR count). The zero-order valence-electron chi connectivity index (χ0n) is 14.5. The lowest BCUT2D eigenvalue weighted by Gasteiger charge is -2.10. The van der Waals surface area contributed by atoms with Crippen molar-refractivity contribution in [3.8, 4) is 11.5 Å². The molecule has 1 N–H and O–H groups in total. The number of nitrogens with one attached hydrogen (secondary N) is 1. The van der Waals surface area contributed by atoms with E-state index in [0.717, 1.165) is 10.0 Å². The van der Waals surface area contributed by atoms with E-state index >= 15 is 0 Å². The van der Waals surface area contributed by atoms with Crippen molar-refractivity contribution in [2.24, 2.45) is 0 Å². The Morgan fingerprint density at radius 3 is 2.31 bits per heavy atom. The summed E-state index contributed by atoms with van der Waals surface area (Å²) in [4.78, 5) is 23.5. The Morgan fingerprint density at radius 1 is 1.04 bits per heavy atom. The molecule has 0 spiro atoms. The van der Waals surface area contributed by atoms with Crippen molar-refractivity contribution < 1.29 is 23.8 Å². The van der Waals surface area contributed by atoms with Crippen LogP contribution in [0.3, 0.4) is 0 Å². The number of amides is 1. The van der Waals surface area contributed by atoms with Gasteiger partial charge in [0.1, 0.15) is 0 Å². The smallest absolute Gasteiger partial charge is 0.337 e. The number of carbonyl (C=O) groups excluding carboxylic acids is 2. The molecule has 2 aromatic rings. The fraction of sp³-hybridized carbons (Fsp3) is 0.158. The Kier molecular flexibility index (Phi) is 6.80. The number of carbonyl (C=O) groups is 2. The highest BCUT2D eigenvalue weighted by Crippen LogP contribution is 2.36. The summed E-state index contributed by atoms with van der Waals surface area (Å²) in [5.74, 6) is 0.406. The molecule has 0 aliphatic heterocycles. The molecule has 0 aromatic heterocycles. The third kappa shape index (κ3) is 4.86. The van der Waals surface area contributed by atoms with E-state index in [2.05, 4.69) is 26.0 Å². The summed E-state index contributed by atoms with van der Waals surface area (Å²) in [6.07, 6.45) is 3.06. The third-order valence-electron chi connectivity index (χ3n) is 3.46. The SMILES string of the molecule is COC(=O)c1ccc(NC(=O)/C=C/c2cc(Br)c(OC)c(OC)c2)cc1. The van der Waals surface area contributed by atoms with Gasteiger partial charge in [0, 0.05) is 11.8 Å². The summed E-state index contributed by atoms with van der Waals surface area (Å²) < 4.78 is 15.9. The Labute approximate surface area is 159 Å². The van der Waals surface area contributed by atoms with E-state index in [4.69, 9.17) is 9.47 Å². The molecule has 0 unspecified atom stereocenters. The van der Waals surface area contributed by atoms with E-state index in [1.165, 1.54) is 13.2 Å². The van der Waals surface area contributed by atoms with Gasteiger partial charge in [-0.3, -0.25) is 4.79 Å². The standard InChI is InChI=1S/C19H18BrNO5/c1-24-16-11-12(10-15(20)18(16)25-2)4-9-17(22)21-14-7-5-13(6-8-14)19(23)26-3/h4-11H,1-3H3,(H,21,22)/b9-4+. The van der Waals surface area contributed by atoms with E-state index in [1.54, 1.807) is 50.6 Å². The third-order valence-corrected chi connectivity index (χ3v) is 4.05. The van der Waals surface area contributed by atoms with Gasteiger partial charge in [-0.05, 0) is 64.0 Å². The summed E-state index contributed by atoms with van der Waals surface area (Å²) in [5.41, 5.74) is 1.75. The van der Waals surface area contributed by atoms with Crippen LogP contribution in [0.4, 0.5) is 5.69 Å². The molecule has 7 heteroatoms. The minimum absolute atomic E-state index is 0.304. The van der Waals surface area contributed by atoms with Crippen LogP contribution in [0.15, 0.2) is 46.9 Å². The molecule has 0 fully saturated rings. The van der Waals surface area contributed by atoms with Crippen LogP contribution in [0, 0.1) is 0 Å². The van der Waals surface area contributed by atoms with E-state index in [9.17, 15) is 9.59 Å². The fourth-order valence-corrected chi connectivity index (χ4v) is 2.82. The van der Waals surface area contributed by atoms with Gasteiger partial charge in [0.2, 0.25) is 5.91 Å². The average Bonchev–Trinajstić information content (AvgIpc) is 2.65. The number of halogens is 1. The number of hydrogen-bond acceptors (Lipinski definition) is 5. The van der Waals surface area contributed by atoms with Crippen molar-refractivity contribution in [1.29, 1.82) is 0 Å². The second-order valence-electron chi connectivity index (χ2n) is 5.13. The zero-order valence-corrected chi connectivity index (χ0v) is 16.1. The van der Waals surface area contributed by atoms with Crippen molar-refractivity contribution in [3.05, 3.63) is 58.1 Å².